The summed E-state index contributed by atoms with van der Waals surface area (Å²) >= 11 is 0. The fourth-order valence-electron chi connectivity index (χ4n) is 6.04. The molecule has 9 rings (SSSR count). The van der Waals surface area contributed by atoms with Crippen LogP contribution in [0.4, 0.5) is 0 Å². The summed E-state index contributed by atoms with van der Waals surface area (Å²) in [5, 5.41) is 5.53. The minimum atomic E-state index is 0.611. The highest BCUT2D eigenvalue weighted by Crippen LogP contribution is 2.35. The van der Waals surface area contributed by atoms with E-state index in [4.69, 9.17) is 18.8 Å². The van der Waals surface area contributed by atoms with Crippen LogP contribution in [0, 0.1) is 0 Å². The molecule has 44 heavy (non-hydrogen) atoms. The molecule has 0 spiro atoms. The van der Waals surface area contributed by atoms with Crippen LogP contribution in [0.2, 0.25) is 0 Å². The van der Waals surface area contributed by atoms with Gasteiger partial charge in [-0.1, -0.05) is 97.1 Å². The van der Waals surface area contributed by atoms with Crippen LogP contribution in [-0.4, -0.2) is 9.97 Å². The summed E-state index contributed by atoms with van der Waals surface area (Å²) in [7, 11) is 0. The lowest BCUT2D eigenvalue weighted by Crippen LogP contribution is -1.95. The summed E-state index contributed by atoms with van der Waals surface area (Å²) < 4.78 is 12.5. The molecule has 206 valence electrons. The molecule has 0 saturated heterocycles. The predicted molar refractivity (Wildman–Crippen MR) is 178 cm³/mol. The number of aromatic nitrogens is 2. The molecule has 3 aromatic heterocycles. The first kappa shape index (κ1) is 24.6. The molecule has 3 heterocycles. The number of nitrogens with zero attached hydrogens (tertiary/aromatic N) is 2. The van der Waals surface area contributed by atoms with E-state index in [1.807, 2.05) is 66.7 Å². The van der Waals surface area contributed by atoms with Gasteiger partial charge in [-0.25, -0.2) is 9.97 Å². The van der Waals surface area contributed by atoms with Gasteiger partial charge in [0.25, 0.3) is 0 Å². The van der Waals surface area contributed by atoms with E-state index in [1.165, 1.54) is 16.5 Å². The largest absolute Gasteiger partial charge is 0.456 e. The maximum Gasteiger partial charge on any atom is 0.160 e. The number of hydrogen-bond acceptors (Lipinski definition) is 4. The molecular weight excluding hydrogens is 540 g/mol. The Hall–Kier alpha value is -6.00. The van der Waals surface area contributed by atoms with Crippen LogP contribution < -0.4 is 0 Å². The van der Waals surface area contributed by atoms with Gasteiger partial charge in [0.15, 0.2) is 11.6 Å². The lowest BCUT2D eigenvalue weighted by Gasteiger charge is -2.10. The highest BCUT2D eigenvalue weighted by molar-refractivity contribution is 6.05. The van der Waals surface area contributed by atoms with E-state index in [9.17, 15) is 0 Å². The van der Waals surface area contributed by atoms with Crippen molar-refractivity contribution >= 4 is 43.7 Å². The van der Waals surface area contributed by atoms with Gasteiger partial charge in [0.2, 0.25) is 0 Å². The normalized spacial score (nSPS) is 11.6. The molecule has 4 heteroatoms. The van der Waals surface area contributed by atoms with Gasteiger partial charge in [-0.3, -0.25) is 0 Å². The molecule has 4 nitrogen and oxygen atoms in total. The number of furan rings is 2. The Kier molecular flexibility index (Phi) is 5.47. The Morgan fingerprint density at radius 1 is 0.364 bits per heavy atom. The van der Waals surface area contributed by atoms with E-state index in [0.717, 1.165) is 60.8 Å². The van der Waals surface area contributed by atoms with Gasteiger partial charge in [-0.2, -0.15) is 0 Å². The predicted octanol–water partition coefficient (Wildman–Crippen LogP) is 10.9. The third-order valence-electron chi connectivity index (χ3n) is 8.28. The Morgan fingerprint density at radius 2 is 1.05 bits per heavy atom. The van der Waals surface area contributed by atoms with Crippen molar-refractivity contribution in [2.75, 3.05) is 0 Å². The second-order valence-corrected chi connectivity index (χ2v) is 11.1. The molecule has 0 unspecified atom stereocenters. The van der Waals surface area contributed by atoms with E-state index >= 15 is 0 Å². The van der Waals surface area contributed by atoms with Crippen molar-refractivity contribution < 1.29 is 8.83 Å². The summed E-state index contributed by atoms with van der Waals surface area (Å²) in [4.78, 5) is 10.1. The van der Waals surface area contributed by atoms with Gasteiger partial charge in [-0.05, 0) is 70.4 Å². The van der Waals surface area contributed by atoms with Crippen LogP contribution in [-0.2, 0) is 0 Å². The lowest BCUT2D eigenvalue weighted by atomic mass is 9.99. The molecule has 0 atom stereocenters. The number of para-hydroxylation sites is 2. The SMILES string of the molecule is c1ccc(-c2ccc3cc(-c4cc(-c5cc6ccccc6o5)nc(-c5ccc6c(c5)oc5ccccc56)n4)ccc3c2)cc1. The van der Waals surface area contributed by atoms with Gasteiger partial charge in [0, 0.05) is 27.3 Å². The molecule has 0 N–H and O–H groups in total. The minimum Gasteiger partial charge on any atom is -0.456 e. The van der Waals surface area contributed by atoms with E-state index in [0.29, 0.717) is 11.6 Å². The third-order valence-corrected chi connectivity index (χ3v) is 8.28. The zero-order valence-electron chi connectivity index (χ0n) is 23.6. The second-order valence-electron chi connectivity index (χ2n) is 11.1. The first-order valence-electron chi connectivity index (χ1n) is 14.6. The summed E-state index contributed by atoms with van der Waals surface area (Å²) in [6.45, 7) is 0. The Morgan fingerprint density at radius 3 is 1.91 bits per heavy atom. The van der Waals surface area contributed by atoms with Crippen molar-refractivity contribution in [1.82, 2.24) is 9.97 Å². The molecule has 0 aliphatic rings. The van der Waals surface area contributed by atoms with Crippen molar-refractivity contribution in [2.24, 2.45) is 0 Å². The van der Waals surface area contributed by atoms with Crippen LogP contribution >= 0.6 is 0 Å². The zero-order chi connectivity index (χ0) is 29.0. The highest BCUT2D eigenvalue weighted by atomic mass is 16.3. The fraction of sp³-hybridized carbons (Fsp3) is 0. The van der Waals surface area contributed by atoms with Crippen molar-refractivity contribution in [1.29, 1.82) is 0 Å². The third kappa shape index (κ3) is 4.16. The fourth-order valence-corrected chi connectivity index (χ4v) is 6.04. The Balaban J connectivity index is 1.20. The Labute approximate surface area is 252 Å². The number of rotatable bonds is 4. The molecule has 0 radical (unpaired) electrons. The first-order chi connectivity index (χ1) is 21.7. The molecule has 6 aromatic carbocycles. The average Bonchev–Trinajstić information content (AvgIpc) is 3.69. The molecule has 0 amide bonds. The standard InChI is InChI=1S/C40H24N2O2/c1-2-8-25(9-3-1)26-14-15-28-21-29(17-16-27(28)20-26)34-24-35(39-22-30-10-4-6-12-36(30)43-39)42-40(41-34)31-18-19-33-32-11-5-7-13-37(32)44-38(33)23-31/h1-24H. The molecule has 0 aliphatic heterocycles. The van der Waals surface area contributed by atoms with Gasteiger partial charge >= 0.3 is 0 Å². The molecule has 0 aliphatic carbocycles. The Bertz CT molecular complexity index is 2470. The smallest absolute Gasteiger partial charge is 0.160 e. The van der Waals surface area contributed by atoms with Crippen LogP contribution in [0.5, 0.6) is 0 Å². The molecule has 0 saturated carbocycles. The van der Waals surface area contributed by atoms with E-state index in [1.54, 1.807) is 0 Å². The molecule has 0 bridgehead atoms. The van der Waals surface area contributed by atoms with Gasteiger partial charge in [0.05, 0.1) is 5.69 Å². The van der Waals surface area contributed by atoms with Crippen LogP contribution in [0.3, 0.4) is 0 Å². The zero-order valence-corrected chi connectivity index (χ0v) is 23.6. The lowest BCUT2D eigenvalue weighted by molar-refractivity contribution is 0.628. The minimum absolute atomic E-state index is 0.611. The number of fused-ring (bicyclic) bond motifs is 5. The average molecular weight is 565 g/mol. The van der Waals surface area contributed by atoms with Crippen molar-refractivity contribution in [3.63, 3.8) is 0 Å². The van der Waals surface area contributed by atoms with Gasteiger partial charge < -0.3 is 8.83 Å². The second kappa shape index (κ2) is 9.79. The summed E-state index contributed by atoms with van der Waals surface area (Å²) in [6.07, 6.45) is 0. The maximum absolute atomic E-state index is 6.26. The van der Waals surface area contributed by atoms with E-state index in [-0.39, 0.29) is 0 Å². The summed E-state index contributed by atoms with van der Waals surface area (Å²) in [5.74, 6) is 1.31. The maximum atomic E-state index is 6.26. The topological polar surface area (TPSA) is 52.1 Å². The molecular formula is C40H24N2O2. The quantitative estimate of drug-likeness (QED) is 0.213. The number of benzene rings is 6. The van der Waals surface area contributed by atoms with Crippen molar-refractivity contribution in [3.05, 3.63) is 146 Å². The molecule has 0 fully saturated rings. The first-order valence-corrected chi connectivity index (χ1v) is 14.6. The van der Waals surface area contributed by atoms with Crippen LogP contribution in [0.15, 0.2) is 154 Å². The monoisotopic (exact) mass is 564 g/mol. The van der Waals surface area contributed by atoms with Crippen molar-refractivity contribution in [3.8, 4) is 45.2 Å². The highest BCUT2D eigenvalue weighted by Gasteiger charge is 2.16. The van der Waals surface area contributed by atoms with E-state index in [2.05, 4.69) is 78.9 Å². The van der Waals surface area contributed by atoms with Crippen LogP contribution in [0.1, 0.15) is 0 Å². The summed E-state index contributed by atoms with van der Waals surface area (Å²) in [5.41, 5.74) is 8.34. The van der Waals surface area contributed by atoms with Gasteiger partial charge in [0.1, 0.15) is 22.4 Å². The van der Waals surface area contributed by atoms with E-state index < -0.39 is 0 Å². The van der Waals surface area contributed by atoms with Crippen LogP contribution in [0.25, 0.3) is 88.9 Å². The van der Waals surface area contributed by atoms with Gasteiger partial charge in [-0.15, -0.1) is 0 Å². The summed E-state index contributed by atoms with van der Waals surface area (Å²) in [6, 6.07) is 49.9. The molecule has 9 aromatic rings. The number of hydrogen-bond donors (Lipinski definition) is 0. The van der Waals surface area contributed by atoms with Crippen molar-refractivity contribution in [2.45, 2.75) is 0 Å².